The third kappa shape index (κ3) is 3.74. The highest BCUT2D eigenvalue weighted by atomic mass is 19.1. The quantitative estimate of drug-likeness (QED) is 0.707. The van der Waals surface area contributed by atoms with Crippen LogP contribution in [0, 0.1) is 17.7 Å². The third-order valence-corrected chi connectivity index (χ3v) is 6.68. The Morgan fingerprint density at radius 1 is 1.13 bits per heavy atom. The Morgan fingerprint density at radius 2 is 1.90 bits per heavy atom. The molecule has 7 heteroatoms. The van der Waals surface area contributed by atoms with Gasteiger partial charge in [-0.2, -0.15) is 5.10 Å². The highest BCUT2D eigenvalue weighted by Gasteiger charge is 2.37. The molecular weight excluding hydrogens is 395 g/mol. The topological polar surface area (TPSA) is 69.3 Å². The van der Waals surface area contributed by atoms with Gasteiger partial charge in [0.2, 0.25) is 0 Å². The summed E-state index contributed by atoms with van der Waals surface area (Å²) in [5, 5.41) is 8.06. The number of piperidine rings is 1. The molecule has 1 amide bonds. The number of aromatic nitrogens is 2. The molecule has 2 fully saturated rings. The van der Waals surface area contributed by atoms with E-state index in [1.807, 2.05) is 12.1 Å². The molecule has 1 aromatic heterocycles. The second kappa shape index (κ2) is 7.89. The SMILES string of the molecule is CN1CC2CCN(C(=O)c3cc(Cc4n[nH]c(=O)c5ccccc45)ccc3F)CC2C1. The van der Waals surface area contributed by atoms with Crippen molar-refractivity contribution in [2.75, 3.05) is 33.2 Å². The van der Waals surface area contributed by atoms with Crippen LogP contribution in [-0.4, -0.2) is 59.1 Å². The summed E-state index contributed by atoms with van der Waals surface area (Å²) in [7, 11) is 2.11. The Morgan fingerprint density at radius 3 is 2.74 bits per heavy atom. The van der Waals surface area contributed by atoms with E-state index < -0.39 is 5.82 Å². The fourth-order valence-electron chi connectivity index (χ4n) is 5.10. The van der Waals surface area contributed by atoms with Crippen LogP contribution in [0.4, 0.5) is 4.39 Å². The van der Waals surface area contributed by atoms with Gasteiger partial charge in [0.25, 0.3) is 11.5 Å². The molecule has 0 spiro atoms. The molecule has 5 rings (SSSR count). The van der Waals surface area contributed by atoms with Crippen molar-refractivity contribution >= 4 is 16.7 Å². The minimum absolute atomic E-state index is 0.107. The van der Waals surface area contributed by atoms with E-state index in [2.05, 4.69) is 22.1 Å². The van der Waals surface area contributed by atoms with E-state index in [0.717, 1.165) is 30.5 Å². The van der Waals surface area contributed by atoms with Crippen LogP contribution in [0.2, 0.25) is 0 Å². The van der Waals surface area contributed by atoms with Gasteiger partial charge in [0.05, 0.1) is 16.6 Å². The fourth-order valence-corrected chi connectivity index (χ4v) is 5.10. The molecular formula is C24H25FN4O2. The summed E-state index contributed by atoms with van der Waals surface area (Å²) in [6, 6.07) is 11.9. The number of H-pyrrole nitrogens is 1. The summed E-state index contributed by atoms with van der Waals surface area (Å²) in [5.74, 6) is 0.348. The largest absolute Gasteiger partial charge is 0.338 e. The summed E-state index contributed by atoms with van der Waals surface area (Å²) in [6.45, 7) is 3.42. The molecule has 3 heterocycles. The monoisotopic (exact) mass is 420 g/mol. The van der Waals surface area contributed by atoms with Gasteiger partial charge in [-0.1, -0.05) is 24.3 Å². The summed E-state index contributed by atoms with van der Waals surface area (Å²) in [4.78, 5) is 29.3. The van der Waals surface area contributed by atoms with Crippen molar-refractivity contribution in [3.63, 3.8) is 0 Å². The lowest BCUT2D eigenvalue weighted by Crippen LogP contribution is -2.43. The molecule has 0 aliphatic carbocycles. The zero-order valence-corrected chi connectivity index (χ0v) is 17.5. The van der Waals surface area contributed by atoms with Crippen molar-refractivity contribution in [3.05, 3.63) is 75.5 Å². The highest BCUT2D eigenvalue weighted by Crippen LogP contribution is 2.31. The van der Waals surface area contributed by atoms with E-state index in [-0.39, 0.29) is 17.0 Å². The molecule has 3 aromatic rings. The van der Waals surface area contributed by atoms with Crippen molar-refractivity contribution in [2.45, 2.75) is 12.8 Å². The van der Waals surface area contributed by atoms with Crippen LogP contribution in [0.3, 0.4) is 0 Å². The molecule has 0 radical (unpaired) electrons. The number of hydrogen-bond donors (Lipinski definition) is 1. The maximum Gasteiger partial charge on any atom is 0.272 e. The van der Waals surface area contributed by atoms with E-state index >= 15 is 0 Å². The van der Waals surface area contributed by atoms with Crippen LogP contribution in [-0.2, 0) is 6.42 Å². The summed E-state index contributed by atoms with van der Waals surface area (Å²) < 4.78 is 14.6. The van der Waals surface area contributed by atoms with Gasteiger partial charge < -0.3 is 9.80 Å². The van der Waals surface area contributed by atoms with Crippen LogP contribution < -0.4 is 5.56 Å². The van der Waals surface area contributed by atoms with Gasteiger partial charge >= 0.3 is 0 Å². The van der Waals surface area contributed by atoms with Gasteiger partial charge in [0.15, 0.2) is 0 Å². The van der Waals surface area contributed by atoms with Crippen molar-refractivity contribution in [1.82, 2.24) is 20.0 Å². The zero-order chi connectivity index (χ0) is 21.5. The average molecular weight is 420 g/mol. The van der Waals surface area contributed by atoms with Crippen LogP contribution in [0.5, 0.6) is 0 Å². The van der Waals surface area contributed by atoms with Crippen LogP contribution in [0.1, 0.15) is 28.0 Å². The first-order valence-corrected chi connectivity index (χ1v) is 10.7. The van der Waals surface area contributed by atoms with Crippen LogP contribution >= 0.6 is 0 Å². The first kappa shape index (κ1) is 19.9. The maximum absolute atomic E-state index is 14.6. The third-order valence-electron chi connectivity index (χ3n) is 6.68. The maximum atomic E-state index is 14.6. The van der Waals surface area contributed by atoms with Crippen LogP contribution in [0.25, 0.3) is 10.8 Å². The minimum atomic E-state index is -0.501. The van der Waals surface area contributed by atoms with Gasteiger partial charge in [-0.3, -0.25) is 9.59 Å². The van der Waals surface area contributed by atoms with Crippen molar-refractivity contribution in [2.24, 2.45) is 11.8 Å². The molecule has 31 heavy (non-hydrogen) atoms. The van der Waals surface area contributed by atoms with Gasteiger partial charge in [-0.15, -0.1) is 0 Å². The number of carbonyl (C=O) groups is 1. The van der Waals surface area contributed by atoms with Gasteiger partial charge in [-0.25, -0.2) is 9.49 Å². The number of hydrogen-bond acceptors (Lipinski definition) is 4. The Labute approximate surface area is 179 Å². The van der Waals surface area contributed by atoms with Gasteiger partial charge in [0.1, 0.15) is 5.82 Å². The lowest BCUT2D eigenvalue weighted by atomic mass is 9.88. The van der Waals surface area contributed by atoms with Gasteiger partial charge in [-0.05, 0) is 49.1 Å². The molecule has 1 N–H and O–H groups in total. The lowest BCUT2D eigenvalue weighted by molar-refractivity contribution is 0.0637. The lowest BCUT2D eigenvalue weighted by Gasteiger charge is -2.34. The van der Waals surface area contributed by atoms with E-state index in [1.165, 1.54) is 6.07 Å². The molecule has 2 aliphatic rings. The second-order valence-corrected chi connectivity index (χ2v) is 8.82. The standard InChI is InChI=1S/C24H25FN4O2/c1-28-12-16-8-9-29(14-17(16)13-28)24(31)20-10-15(6-7-21(20)25)11-22-18-4-2-3-5-19(18)23(30)27-26-22/h2-7,10,16-17H,8-9,11-14H2,1H3,(H,27,30). The number of likely N-dealkylation sites (tertiary alicyclic amines) is 2. The molecule has 160 valence electrons. The average Bonchev–Trinajstić information content (AvgIpc) is 3.16. The Balaban J connectivity index is 1.41. The number of amides is 1. The number of benzene rings is 2. The van der Waals surface area contributed by atoms with E-state index in [0.29, 0.717) is 42.4 Å². The van der Waals surface area contributed by atoms with E-state index in [9.17, 15) is 14.0 Å². The Hall–Kier alpha value is -3.06. The molecule has 2 aromatic carbocycles. The predicted molar refractivity (Wildman–Crippen MR) is 117 cm³/mol. The number of carbonyl (C=O) groups excluding carboxylic acids is 1. The number of nitrogens with one attached hydrogen (secondary N) is 1. The number of halogens is 1. The first-order chi connectivity index (χ1) is 15.0. The minimum Gasteiger partial charge on any atom is -0.338 e. The van der Waals surface area contributed by atoms with Gasteiger partial charge in [0, 0.05) is 38.0 Å². The molecule has 2 aliphatic heterocycles. The summed E-state index contributed by atoms with van der Waals surface area (Å²) in [5.41, 5.74) is 1.34. The van der Waals surface area contributed by atoms with Crippen LogP contribution in [0.15, 0.2) is 47.3 Å². The molecule has 2 atom stereocenters. The van der Waals surface area contributed by atoms with Crippen molar-refractivity contribution in [3.8, 4) is 0 Å². The highest BCUT2D eigenvalue weighted by molar-refractivity contribution is 5.95. The zero-order valence-electron chi connectivity index (χ0n) is 17.5. The predicted octanol–water partition coefficient (Wildman–Crippen LogP) is 2.68. The molecule has 6 nitrogen and oxygen atoms in total. The second-order valence-electron chi connectivity index (χ2n) is 8.82. The smallest absolute Gasteiger partial charge is 0.272 e. The van der Waals surface area contributed by atoms with Crippen molar-refractivity contribution in [1.29, 1.82) is 0 Å². The number of rotatable bonds is 3. The molecule has 2 saturated heterocycles. The summed E-state index contributed by atoms with van der Waals surface area (Å²) >= 11 is 0. The molecule has 0 saturated carbocycles. The number of fused-ring (bicyclic) bond motifs is 2. The Bertz CT molecular complexity index is 1210. The Kier molecular flexibility index (Phi) is 5.06. The van der Waals surface area contributed by atoms with E-state index in [1.54, 1.807) is 29.2 Å². The molecule has 0 bridgehead atoms. The van der Waals surface area contributed by atoms with E-state index in [4.69, 9.17) is 0 Å². The van der Waals surface area contributed by atoms with Crippen molar-refractivity contribution < 1.29 is 9.18 Å². The number of nitrogens with zero attached hydrogens (tertiary/aromatic N) is 3. The molecule has 2 unspecified atom stereocenters. The number of aromatic amines is 1. The summed E-state index contributed by atoms with van der Waals surface area (Å²) in [6.07, 6.45) is 1.36. The first-order valence-electron chi connectivity index (χ1n) is 10.7. The fraction of sp³-hybridized carbons (Fsp3) is 0.375. The normalized spacial score (nSPS) is 21.4.